The minimum atomic E-state index is 0.194. The Hall–Kier alpha value is -0.830. The summed E-state index contributed by atoms with van der Waals surface area (Å²) >= 11 is 3.41. The lowest BCUT2D eigenvalue weighted by Gasteiger charge is -2.15. The second-order valence-corrected chi connectivity index (χ2v) is 5.47. The second kappa shape index (κ2) is 4.58. The van der Waals surface area contributed by atoms with Crippen molar-refractivity contribution in [1.82, 2.24) is 0 Å². The number of anilines is 1. The normalized spacial score (nSPS) is 24.6. The molecule has 0 aliphatic heterocycles. The zero-order valence-electron chi connectivity index (χ0n) is 9.37. The Kier molecular flexibility index (Phi) is 3.33. The summed E-state index contributed by atoms with van der Waals surface area (Å²) in [4.78, 5) is 12.3. The molecule has 1 saturated carbocycles. The zero-order valence-corrected chi connectivity index (χ0v) is 11.0. The summed E-state index contributed by atoms with van der Waals surface area (Å²) in [5.74, 6) is 0.966. The maximum Gasteiger partial charge on any atom is 0.167 e. The number of benzene rings is 1. The fourth-order valence-corrected chi connectivity index (χ4v) is 3.06. The topological polar surface area (TPSA) is 43.1 Å². The van der Waals surface area contributed by atoms with E-state index in [1.807, 2.05) is 6.07 Å². The summed E-state index contributed by atoms with van der Waals surface area (Å²) in [6.07, 6.45) is 3.37. The van der Waals surface area contributed by atoms with Gasteiger partial charge in [-0.1, -0.05) is 13.3 Å². The van der Waals surface area contributed by atoms with Gasteiger partial charge in [-0.05, 0) is 52.9 Å². The quantitative estimate of drug-likeness (QED) is 0.664. The first-order valence-electron chi connectivity index (χ1n) is 5.69. The molecule has 0 saturated heterocycles. The molecule has 2 nitrogen and oxygen atoms in total. The maximum atomic E-state index is 12.3. The highest BCUT2D eigenvalue weighted by atomic mass is 79.9. The van der Waals surface area contributed by atoms with Crippen molar-refractivity contribution in [3.8, 4) is 0 Å². The van der Waals surface area contributed by atoms with Gasteiger partial charge in [-0.2, -0.15) is 0 Å². The molecule has 86 valence electrons. The third-order valence-corrected chi connectivity index (χ3v) is 4.11. The van der Waals surface area contributed by atoms with Gasteiger partial charge in [-0.3, -0.25) is 4.79 Å². The van der Waals surface area contributed by atoms with Gasteiger partial charge in [0.25, 0.3) is 0 Å². The van der Waals surface area contributed by atoms with Crippen LogP contribution >= 0.6 is 15.9 Å². The Morgan fingerprint density at radius 1 is 1.44 bits per heavy atom. The lowest BCUT2D eigenvalue weighted by Crippen LogP contribution is -2.17. The van der Waals surface area contributed by atoms with Gasteiger partial charge in [0.2, 0.25) is 0 Å². The zero-order chi connectivity index (χ0) is 11.7. The van der Waals surface area contributed by atoms with Crippen LogP contribution in [0.1, 0.15) is 36.5 Å². The van der Waals surface area contributed by atoms with Crippen LogP contribution in [0.2, 0.25) is 0 Å². The number of nitrogens with two attached hydrogens (primary N) is 1. The molecule has 1 aliphatic carbocycles. The number of rotatable bonds is 2. The first-order valence-corrected chi connectivity index (χ1v) is 6.48. The van der Waals surface area contributed by atoms with Crippen LogP contribution in [-0.4, -0.2) is 5.78 Å². The minimum absolute atomic E-state index is 0.194. The number of carbonyl (C=O) groups excluding carboxylic acids is 1. The van der Waals surface area contributed by atoms with Crippen LogP contribution in [0, 0.1) is 11.8 Å². The van der Waals surface area contributed by atoms with E-state index in [1.54, 1.807) is 12.1 Å². The van der Waals surface area contributed by atoms with E-state index in [-0.39, 0.29) is 11.7 Å². The Morgan fingerprint density at radius 3 is 2.75 bits per heavy atom. The number of halogens is 1. The summed E-state index contributed by atoms with van der Waals surface area (Å²) in [6, 6.07) is 5.41. The van der Waals surface area contributed by atoms with E-state index in [9.17, 15) is 4.79 Å². The highest BCUT2D eigenvalue weighted by Crippen LogP contribution is 2.35. The second-order valence-electron chi connectivity index (χ2n) is 4.62. The number of Topliss-reactive ketones (excluding diaryl/α,β-unsaturated/α-hetero) is 1. The van der Waals surface area contributed by atoms with E-state index in [4.69, 9.17) is 5.73 Å². The SMILES string of the molecule is CC1CCCC1C(=O)c1ccc(N)cc1Br. The van der Waals surface area contributed by atoms with Crippen LogP contribution in [0.15, 0.2) is 22.7 Å². The third kappa shape index (κ3) is 2.14. The smallest absolute Gasteiger partial charge is 0.167 e. The number of nitrogen functional groups attached to an aromatic ring is 1. The summed E-state index contributed by atoms with van der Waals surface area (Å²) in [7, 11) is 0. The minimum Gasteiger partial charge on any atom is -0.399 e. The van der Waals surface area contributed by atoms with Crippen molar-refractivity contribution in [3.63, 3.8) is 0 Å². The van der Waals surface area contributed by atoms with E-state index >= 15 is 0 Å². The molecule has 1 aliphatic rings. The number of ketones is 1. The standard InChI is InChI=1S/C13H16BrNO/c1-8-3-2-4-10(8)13(16)11-6-5-9(15)7-12(11)14/h5-8,10H,2-4,15H2,1H3. The van der Waals surface area contributed by atoms with Crippen molar-refractivity contribution in [1.29, 1.82) is 0 Å². The van der Waals surface area contributed by atoms with Gasteiger partial charge in [0, 0.05) is 21.6 Å². The number of hydrogen-bond acceptors (Lipinski definition) is 2. The molecule has 0 radical (unpaired) electrons. The fraction of sp³-hybridized carbons (Fsp3) is 0.462. The molecule has 0 bridgehead atoms. The van der Waals surface area contributed by atoms with E-state index < -0.39 is 0 Å². The molecule has 2 rings (SSSR count). The molecule has 16 heavy (non-hydrogen) atoms. The van der Waals surface area contributed by atoms with Crippen molar-refractivity contribution < 1.29 is 4.79 Å². The van der Waals surface area contributed by atoms with Crippen molar-refractivity contribution in [2.45, 2.75) is 26.2 Å². The summed E-state index contributed by atoms with van der Waals surface area (Å²) in [6.45, 7) is 2.17. The van der Waals surface area contributed by atoms with E-state index in [0.29, 0.717) is 11.6 Å². The molecule has 2 unspecified atom stereocenters. The van der Waals surface area contributed by atoms with Crippen LogP contribution in [-0.2, 0) is 0 Å². The van der Waals surface area contributed by atoms with Gasteiger partial charge >= 0.3 is 0 Å². The van der Waals surface area contributed by atoms with Crippen molar-refractivity contribution >= 4 is 27.4 Å². The van der Waals surface area contributed by atoms with E-state index in [0.717, 1.165) is 16.5 Å². The average molecular weight is 282 g/mol. The van der Waals surface area contributed by atoms with Crippen LogP contribution in [0.4, 0.5) is 5.69 Å². The van der Waals surface area contributed by atoms with Crippen molar-refractivity contribution in [2.75, 3.05) is 5.73 Å². The van der Waals surface area contributed by atoms with E-state index in [2.05, 4.69) is 22.9 Å². The molecule has 0 aromatic heterocycles. The van der Waals surface area contributed by atoms with Gasteiger partial charge in [-0.25, -0.2) is 0 Å². The lowest BCUT2D eigenvalue weighted by molar-refractivity contribution is 0.0896. The van der Waals surface area contributed by atoms with Crippen LogP contribution in [0.3, 0.4) is 0 Å². The first kappa shape index (κ1) is 11.6. The Balaban J connectivity index is 2.27. The molecule has 0 heterocycles. The summed E-state index contributed by atoms with van der Waals surface area (Å²) < 4.78 is 0.816. The Morgan fingerprint density at radius 2 is 2.19 bits per heavy atom. The maximum absolute atomic E-state index is 12.3. The Bertz CT molecular complexity index is 416. The number of hydrogen-bond donors (Lipinski definition) is 1. The number of carbonyl (C=O) groups is 1. The van der Waals surface area contributed by atoms with Gasteiger partial charge < -0.3 is 5.73 Å². The molecule has 1 aromatic rings. The van der Waals surface area contributed by atoms with Crippen LogP contribution in [0.5, 0.6) is 0 Å². The molecular formula is C13H16BrNO. The molecule has 2 atom stereocenters. The van der Waals surface area contributed by atoms with Gasteiger partial charge in [0.15, 0.2) is 5.78 Å². The molecule has 2 N–H and O–H groups in total. The Labute approximate surface area is 104 Å². The molecule has 3 heteroatoms. The molecule has 0 amide bonds. The van der Waals surface area contributed by atoms with E-state index in [1.165, 1.54) is 12.8 Å². The average Bonchev–Trinajstić information content (AvgIpc) is 2.63. The van der Waals surface area contributed by atoms with Gasteiger partial charge in [-0.15, -0.1) is 0 Å². The first-order chi connectivity index (χ1) is 7.59. The molecule has 0 spiro atoms. The fourth-order valence-electron chi connectivity index (χ4n) is 2.47. The predicted molar refractivity (Wildman–Crippen MR) is 69.4 cm³/mol. The largest absolute Gasteiger partial charge is 0.399 e. The van der Waals surface area contributed by atoms with Crippen molar-refractivity contribution in [2.24, 2.45) is 11.8 Å². The molecular weight excluding hydrogens is 266 g/mol. The molecule has 1 aromatic carbocycles. The monoisotopic (exact) mass is 281 g/mol. The third-order valence-electron chi connectivity index (χ3n) is 3.46. The summed E-state index contributed by atoms with van der Waals surface area (Å²) in [5, 5.41) is 0. The summed E-state index contributed by atoms with van der Waals surface area (Å²) in [5.41, 5.74) is 7.12. The van der Waals surface area contributed by atoms with Crippen LogP contribution < -0.4 is 5.73 Å². The van der Waals surface area contributed by atoms with Crippen molar-refractivity contribution in [3.05, 3.63) is 28.2 Å². The highest BCUT2D eigenvalue weighted by molar-refractivity contribution is 9.10. The van der Waals surface area contributed by atoms with Gasteiger partial charge in [0.05, 0.1) is 0 Å². The lowest BCUT2D eigenvalue weighted by atomic mass is 9.89. The molecule has 1 fully saturated rings. The van der Waals surface area contributed by atoms with Gasteiger partial charge in [0.1, 0.15) is 0 Å². The van der Waals surface area contributed by atoms with Crippen LogP contribution in [0.25, 0.3) is 0 Å². The highest BCUT2D eigenvalue weighted by Gasteiger charge is 2.31. The predicted octanol–water partition coefficient (Wildman–Crippen LogP) is 3.65.